The molecule has 0 heterocycles. The Balaban J connectivity index is 2.18. The second-order valence-corrected chi connectivity index (χ2v) is 5.05. The summed E-state index contributed by atoms with van der Waals surface area (Å²) in [6, 6.07) is 15.5. The van der Waals surface area contributed by atoms with E-state index >= 15 is 0 Å². The van der Waals surface area contributed by atoms with Gasteiger partial charge in [-0.25, -0.2) is 0 Å². The molecule has 0 aromatic heterocycles. The van der Waals surface area contributed by atoms with E-state index in [1.807, 2.05) is 12.1 Å². The Kier molecular flexibility index (Phi) is 4.99. The molecule has 0 saturated heterocycles. The third-order valence-corrected chi connectivity index (χ3v) is 3.54. The molecule has 1 N–H and O–H groups in total. The summed E-state index contributed by atoms with van der Waals surface area (Å²) in [6.07, 6.45) is 0.837. The molecule has 2 rings (SSSR count). The van der Waals surface area contributed by atoms with E-state index in [9.17, 15) is 4.79 Å². The first-order valence-corrected chi connectivity index (χ1v) is 7.16. The Hall–Kier alpha value is -2.29. The fourth-order valence-corrected chi connectivity index (χ4v) is 2.29. The van der Waals surface area contributed by atoms with E-state index in [-0.39, 0.29) is 11.9 Å². The Bertz CT molecular complexity index is 605. The molecule has 1 atom stereocenters. The number of amides is 1. The SMILES string of the molecule is CC[C@H](NC(=O)c1ccccc1OC)c1ccc(C)cc1. The number of hydrogen-bond donors (Lipinski definition) is 1. The highest BCUT2D eigenvalue weighted by Crippen LogP contribution is 2.21. The fraction of sp³-hybridized carbons (Fsp3) is 0.278. The Morgan fingerprint density at radius 1 is 1.14 bits per heavy atom. The van der Waals surface area contributed by atoms with Gasteiger partial charge in [-0.3, -0.25) is 4.79 Å². The number of aryl methyl sites for hydroxylation is 1. The van der Waals surface area contributed by atoms with Gasteiger partial charge in [0.05, 0.1) is 18.7 Å². The lowest BCUT2D eigenvalue weighted by Gasteiger charge is -2.18. The smallest absolute Gasteiger partial charge is 0.255 e. The summed E-state index contributed by atoms with van der Waals surface area (Å²) in [5.41, 5.74) is 2.89. The van der Waals surface area contributed by atoms with Gasteiger partial charge in [0, 0.05) is 0 Å². The lowest BCUT2D eigenvalue weighted by molar-refractivity contribution is 0.0932. The second kappa shape index (κ2) is 6.93. The van der Waals surface area contributed by atoms with Gasteiger partial charge in [-0.15, -0.1) is 0 Å². The Morgan fingerprint density at radius 2 is 1.81 bits per heavy atom. The van der Waals surface area contributed by atoms with Crippen LogP contribution < -0.4 is 10.1 Å². The quantitative estimate of drug-likeness (QED) is 0.904. The van der Waals surface area contributed by atoms with Crippen LogP contribution in [0.1, 0.15) is 40.9 Å². The van der Waals surface area contributed by atoms with Crippen molar-refractivity contribution in [1.82, 2.24) is 5.32 Å². The first-order valence-electron chi connectivity index (χ1n) is 7.16. The van der Waals surface area contributed by atoms with Crippen molar-refractivity contribution in [2.75, 3.05) is 7.11 Å². The van der Waals surface area contributed by atoms with Crippen LogP contribution in [-0.2, 0) is 0 Å². The number of rotatable bonds is 5. The normalized spacial score (nSPS) is 11.8. The van der Waals surface area contributed by atoms with Crippen molar-refractivity contribution in [2.24, 2.45) is 0 Å². The molecule has 0 spiro atoms. The van der Waals surface area contributed by atoms with Crippen LogP contribution in [0.4, 0.5) is 0 Å². The van der Waals surface area contributed by atoms with E-state index in [0.29, 0.717) is 11.3 Å². The number of benzene rings is 2. The topological polar surface area (TPSA) is 38.3 Å². The lowest BCUT2D eigenvalue weighted by atomic mass is 10.0. The van der Waals surface area contributed by atoms with Crippen molar-refractivity contribution in [3.63, 3.8) is 0 Å². The van der Waals surface area contributed by atoms with Crippen LogP contribution in [0.15, 0.2) is 48.5 Å². The van der Waals surface area contributed by atoms with Crippen LogP contribution >= 0.6 is 0 Å². The molecule has 2 aromatic rings. The van der Waals surface area contributed by atoms with Gasteiger partial charge in [0.15, 0.2) is 0 Å². The number of carbonyl (C=O) groups excluding carboxylic acids is 1. The number of para-hydroxylation sites is 1. The third-order valence-electron chi connectivity index (χ3n) is 3.54. The van der Waals surface area contributed by atoms with E-state index in [2.05, 4.69) is 43.4 Å². The van der Waals surface area contributed by atoms with Crippen LogP contribution in [0, 0.1) is 6.92 Å². The summed E-state index contributed by atoms with van der Waals surface area (Å²) in [4.78, 5) is 12.4. The molecule has 0 aliphatic rings. The standard InChI is InChI=1S/C18H21NO2/c1-4-16(14-11-9-13(2)10-12-14)19-18(20)15-7-5-6-8-17(15)21-3/h5-12,16H,4H2,1-3H3,(H,19,20)/t16-/m0/s1. The van der Waals surface area contributed by atoms with Gasteiger partial charge in [0.2, 0.25) is 0 Å². The molecule has 0 aliphatic carbocycles. The van der Waals surface area contributed by atoms with E-state index in [0.717, 1.165) is 12.0 Å². The van der Waals surface area contributed by atoms with Crippen LogP contribution in [-0.4, -0.2) is 13.0 Å². The monoisotopic (exact) mass is 283 g/mol. The number of methoxy groups -OCH3 is 1. The number of ether oxygens (including phenoxy) is 1. The summed E-state index contributed by atoms with van der Waals surface area (Å²) in [5.74, 6) is 0.480. The van der Waals surface area contributed by atoms with Gasteiger partial charge in [-0.05, 0) is 31.0 Å². The molecule has 0 radical (unpaired) electrons. The molecular weight excluding hydrogens is 262 g/mol. The van der Waals surface area contributed by atoms with Gasteiger partial charge in [-0.1, -0.05) is 48.9 Å². The van der Waals surface area contributed by atoms with Crippen LogP contribution in [0.25, 0.3) is 0 Å². The van der Waals surface area contributed by atoms with Crippen molar-refractivity contribution in [2.45, 2.75) is 26.3 Å². The second-order valence-electron chi connectivity index (χ2n) is 5.05. The predicted molar refractivity (Wildman–Crippen MR) is 84.7 cm³/mol. The zero-order chi connectivity index (χ0) is 15.2. The van der Waals surface area contributed by atoms with E-state index in [4.69, 9.17) is 4.74 Å². The van der Waals surface area contributed by atoms with E-state index < -0.39 is 0 Å². The third kappa shape index (κ3) is 3.63. The van der Waals surface area contributed by atoms with Gasteiger partial charge >= 0.3 is 0 Å². The molecule has 3 heteroatoms. The van der Waals surface area contributed by atoms with Crippen LogP contribution in [0.5, 0.6) is 5.75 Å². The summed E-state index contributed by atoms with van der Waals surface area (Å²) < 4.78 is 5.24. The highest BCUT2D eigenvalue weighted by molar-refractivity contribution is 5.97. The summed E-state index contributed by atoms with van der Waals surface area (Å²) in [5, 5.41) is 3.07. The first-order chi connectivity index (χ1) is 10.2. The summed E-state index contributed by atoms with van der Waals surface area (Å²) >= 11 is 0. The maximum absolute atomic E-state index is 12.4. The van der Waals surface area contributed by atoms with Crippen molar-refractivity contribution in [3.8, 4) is 5.75 Å². The predicted octanol–water partition coefficient (Wildman–Crippen LogP) is 3.88. The fourth-order valence-electron chi connectivity index (χ4n) is 2.29. The number of hydrogen-bond acceptors (Lipinski definition) is 2. The molecule has 3 nitrogen and oxygen atoms in total. The van der Waals surface area contributed by atoms with Crippen LogP contribution in [0.2, 0.25) is 0 Å². The van der Waals surface area contributed by atoms with Gasteiger partial charge in [0.1, 0.15) is 5.75 Å². The largest absolute Gasteiger partial charge is 0.496 e. The highest BCUT2D eigenvalue weighted by atomic mass is 16.5. The van der Waals surface area contributed by atoms with Crippen LogP contribution in [0.3, 0.4) is 0 Å². The maximum Gasteiger partial charge on any atom is 0.255 e. The minimum Gasteiger partial charge on any atom is -0.496 e. The maximum atomic E-state index is 12.4. The molecule has 0 fully saturated rings. The van der Waals surface area contributed by atoms with Crippen molar-refractivity contribution >= 4 is 5.91 Å². The zero-order valence-corrected chi connectivity index (χ0v) is 12.7. The molecule has 0 saturated carbocycles. The average Bonchev–Trinajstić information content (AvgIpc) is 2.53. The van der Waals surface area contributed by atoms with E-state index in [1.165, 1.54) is 5.56 Å². The number of carbonyl (C=O) groups is 1. The van der Waals surface area contributed by atoms with Gasteiger partial charge in [-0.2, -0.15) is 0 Å². The zero-order valence-electron chi connectivity index (χ0n) is 12.7. The minimum atomic E-state index is -0.111. The molecular formula is C18H21NO2. The van der Waals surface area contributed by atoms with Gasteiger partial charge < -0.3 is 10.1 Å². The minimum absolute atomic E-state index is 0.00279. The van der Waals surface area contributed by atoms with Crippen molar-refractivity contribution in [3.05, 3.63) is 65.2 Å². The number of nitrogens with one attached hydrogen (secondary N) is 1. The molecule has 110 valence electrons. The molecule has 0 bridgehead atoms. The molecule has 0 unspecified atom stereocenters. The van der Waals surface area contributed by atoms with E-state index in [1.54, 1.807) is 19.2 Å². The molecule has 0 aliphatic heterocycles. The average molecular weight is 283 g/mol. The molecule has 21 heavy (non-hydrogen) atoms. The highest BCUT2D eigenvalue weighted by Gasteiger charge is 2.16. The van der Waals surface area contributed by atoms with Gasteiger partial charge in [0.25, 0.3) is 5.91 Å². The molecule has 1 amide bonds. The lowest BCUT2D eigenvalue weighted by Crippen LogP contribution is -2.28. The van der Waals surface area contributed by atoms with Crippen molar-refractivity contribution < 1.29 is 9.53 Å². The summed E-state index contributed by atoms with van der Waals surface area (Å²) in [7, 11) is 1.57. The molecule has 2 aromatic carbocycles. The summed E-state index contributed by atoms with van der Waals surface area (Å²) in [6.45, 7) is 4.12. The first kappa shape index (κ1) is 15.1. The van der Waals surface area contributed by atoms with Crippen molar-refractivity contribution in [1.29, 1.82) is 0 Å². The Labute approximate surface area is 126 Å². The Morgan fingerprint density at radius 3 is 2.43 bits per heavy atom.